The summed E-state index contributed by atoms with van der Waals surface area (Å²) in [4.78, 5) is 18.1. The van der Waals surface area contributed by atoms with E-state index in [4.69, 9.17) is 9.72 Å². The molecule has 2 aromatic heterocycles. The maximum Gasteiger partial charge on any atom is 0.515 e. The molecule has 1 aliphatic heterocycles. The van der Waals surface area contributed by atoms with E-state index in [9.17, 15) is 4.79 Å². The van der Waals surface area contributed by atoms with Gasteiger partial charge in [0.1, 0.15) is 5.60 Å². The van der Waals surface area contributed by atoms with Crippen molar-refractivity contribution < 1.29 is 14.4 Å². The highest BCUT2D eigenvalue weighted by atomic mass is 16.6. The smallest absolute Gasteiger partial charge is 0.414 e. The molecule has 6 nitrogen and oxygen atoms in total. The summed E-state index contributed by atoms with van der Waals surface area (Å²) >= 11 is 0. The van der Waals surface area contributed by atoms with Crippen molar-refractivity contribution in [1.29, 1.82) is 0 Å². The largest absolute Gasteiger partial charge is 0.515 e. The number of aromatic nitrogens is 3. The van der Waals surface area contributed by atoms with Crippen LogP contribution in [0, 0.1) is 13.8 Å². The van der Waals surface area contributed by atoms with Crippen molar-refractivity contribution >= 4 is 11.7 Å². The number of carbonyl (C=O) groups is 1. The zero-order valence-electron chi connectivity index (χ0n) is 15.2. The summed E-state index contributed by atoms with van der Waals surface area (Å²) in [6.45, 7) is 10.6. The summed E-state index contributed by atoms with van der Waals surface area (Å²) in [5, 5.41) is 4.68. The van der Waals surface area contributed by atoms with E-state index in [1.54, 1.807) is 0 Å². The standard InChI is InChI=1S/C18H26N4O2/c1-12-10-13(2)22-15(11-12)19-16(20-22)14-8-6-7-9-21(14)17(23)24-18(3,4)5/h10-11,14H,6-9H2,1-5H3/p+1. The molecule has 3 heterocycles. The number of pyridine rings is 1. The lowest BCUT2D eigenvalue weighted by Gasteiger charge is -2.30. The molecule has 1 amide bonds. The van der Waals surface area contributed by atoms with Crippen LogP contribution >= 0.6 is 0 Å². The monoisotopic (exact) mass is 331 g/mol. The second-order valence-electron chi connectivity index (χ2n) is 7.74. The van der Waals surface area contributed by atoms with E-state index in [0.717, 1.165) is 47.9 Å². The van der Waals surface area contributed by atoms with E-state index in [1.165, 1.54) is 5.56 Å². The first-order valence-corrected chi connectivity index (χ1v) is 8.67. The van der Waals surface area contributed by atoms with Crippen LogP contribution in [-0.4, -0.2) is 32.8 Å². The summed E-state index contributed by atoms with van der Waals surface area (Å²) < 4.78 is 7.47. The molecule has 0 aromatic carbocycles. The van der Waals surface area contributed by atoms with Gasteiger partial charge in [0, 0.05) is 12.1 Å². The number of aryl methyl sites for hydroxylation is 2. The molecule has 0 radical (unpaired) electrons. The highest BCUT2D eigenvalue weighted by Crippen LogP contribution is 2.19. The van der Waals surface area contributed by atoms with Crippen LogP contribution in [0.25, 0.3) is 5.65 Å². The second kappa shape index (κ2) is 6.16. The Labute approximate surface area is 142 Å². The summed E-state index contributed by atoms with van der Waals surface area (Å²) in [6, 6.07) is 4.08. The fourth-order valence-corrected chi connectivity index (χ4v) is 3.36. The lowest BCUT2D eigenvalue weighted by atomic mass is 10.0. The Kier molecular flexibility index (Phi) is 4.34. The predicted octanol–water partition coefficient (Wildman–Crippen LogP) is 2.39. The van der Waals surface area contributed by atoms with Crippen molar-refractivity contribution in [3.63, 3.8) is 0 Å². The zero-order chi connectivity index (χ0) is 17.5. The Morgan fingerprint density at radius 3 is 2.75 bits per heavy atom. The fourth-order valence-electron chi connectivity index (χ4n) is 3.36. The fraction of sp³-hybridized carbons (Fsp3) is 0.611. The Balaban J connectivity index is 1.93. The first kappa shape index (κ1) is 16.9. The minimum Gasteiger partial charge on any atom is -0.414 e. The molecule has 1 saturated heterocycles. The van der Waals surface area contributed by atoms with Gasteiger partial charge in [-0.15, -0.1) is 5.10 Å². The van der Waals surface area contributed by atoms with Crippen molar-refractivity contribution in [3.05, 3.63) is 29.2 Å². The van der Waals surface area contributed by atoms with Crippen LogP contribution in [0.2, 0.25) is 0 Å². The van der Waals surface area contributed by atoms with Gasteiger partial charge in [-0.1, -0.05) is 0 Å². The number of likely N-dealkylation sites (tertiary alicyclic amines) is 1. The van der Waals surface area contributed by atoms with Crippen molar-refractivity contribution in [1.82, 2.24) is 14.6 Å². The zero-order valence-corrected chi connectivity index (χ0v) is 15.2. The number of alkyl carbamates (subject to hydrolysis) is 2. The van der Waals surface area contributed by atoms with Gasteiger partial charge in [-0.3, -0.25) is 0 Å². The minimum absolute atomic E-state index is 0.0341. The van der Waals surface area contributed by atoms with E-state index >= 15 is 0 Å². The number of quaternary nitrogens is 1. The molecule has 2 aromatic rings. The third kappa shape index (κ3) is 3.43. The molecule has 0 aliphatic carbocycles. The van der Waals surface area contributed by atoms with Gasteiger partial charge in [0.15, 0.2) is 11.7 Å². The van der Waals surface area contributed by atoms with Crippen molar-refractivity contribution in [2.75, 3.05) is 6.54 Å². The van der Waals surface area contributed by atoms with Crippen molar-refractivity contribution in [2.24, 2.45) is 0 Å². The normalized spacial score (nSPS) is 21.9. The number of piperidine rings is 1. The third-order valence-corrected chi connectivity index (χ3v) is 4.36. The van der Waals surface area contributed by atoms with E-state index in [2.05, 4.69) is 18.1 Å². The lowest BCUT2D eigenvalue weighted by Crippen LogP contribution is -3.15. The van der Waals surface area contributed by atoms with Gasteiger partial charge >= 0.3 is 6.09 Å². The maximum atomic E-state index is 12.6. The second-order valence-corrected chi connectivity index (χ2v) is 7.74. The van der Waals surface area contributed by atoms with Crippen LogP contribution in [0.15, 0.2) is 12.1 Å². The van der Waals surface area contributed by atoms with Gasteiger partial charge in [0.2, 0.25) is 5.82 Å². The van der Waals surface area contributed by atoms with Crippen LogP contribution < -0.4 is 4.90 Å². The highest BCUT2D eigenvalue weighted by Gasteiger charge is 2.39. The molecular weight excluding hydrogens is 304 g/mol. The molecule has 6 heteroatoms. The van der Waals surface area contributed by atoms with E-state index in [0.29, 0.717) is 0 Å². The summed E-state index contributed by atoms with van der Waals surface area (Å²) in [5.41, 5.74) is 2.58. The minimum atomic E-state index is -0.480. The molecule has 1 aliphatic rings. The maximum absolute atomic E-state index is 12.6. The van der Waals surface area contributed by atoms with E-state index in [-0.39, 0.29) is 12.1 Å². The van der Waals surface area contributed by atoms with Crippen molar-refractivity contribution in [2.45, 2.75) is 65.5 Å². The molecule has 3 rings (SSSR count). The molecule has 130 valence electrons. The molecule has 24 heavy (non-hydrogen) atoms. The average Bonchev–Trinajstić information content (AvgIpc) is 2.89. The third-order valence-electron chi connectivity index (χ3n) is 4.36. The van der Waals surface area contributed by atoms with Gasteiger partial charge < -0.3 is 4.74 Å². The van der Waals surface area contributed by atoms with Crippen LogP contribution in [0.1, 0.15) is 63.2 Å². The molecule has 0 spiro atoms. The summed E-state index contributed by atoms with van der Waals surface area (Å²) in [7, 11) is 0. The summed E-state index contributed by atoms with van der Waals surface area (Å²) in [5.74, 6) is 0.740. The first-order valence-electron chi connectivity index (χ1n) is 8.67. The van der Waals surface area contributed by atoms with E-state index < -0.39 is 5.60 Å². The molecular formula is C18H27N4O2+. The molecule has 1 N–H and O–H groups in total. The quantitative estimate of drug-likeness (QED) is 0.872. The van der Waals surface area contributed by atoms with Gasteiger partial charge in [-0.25, -0.2) is 14.4 Å². The summed E-state index contributed by atoms with van der Waals surface area (Å²) in [6.07, 6.45) is 2.82. The molecule has 2 unspecified atom stereocenters. The Hall–Kier alpha value is -1.95. The molecule has 2 atom stereocenters. The number of hydrogen-bond acceptors (Lipinski definition) is 4. The van der Waals surface area contributed by atoms with Gasteiger partial charge in [-0.05, 0) is 65.2 Å². The van der Waals surface area contributed by atoms with Gasteiger partial charge in [-0.2, -0.15) is 4.79 Å². The molecule has 0 saturated carbocycles. The van der Waals surface area contributed by atoms with Crippen LogP contribution in [-0.2, 0) is 4.74 Å². The first-order chi connectivity index (χ1) is 11.2. The molecule has 1 fully saturated rings. The van der Waals surface area contributed by atoms with E-state index in [1.807, 2.05) is 38.3 Å². The highest BCUT2D eigenvalue weighted by molar-refractivity contribution is 5.58. The molecule has 0 bridgehead atoms. The number of hydrogen-bond donors (Lipinski definition) is 1. The number of nitrogens with one attached hydrogen (secondary N) is 1. The topological polar surface area (TPSA) is 60.9 Å². The van der Waals surface area contributed by atoms with Crippen LogP contribution in [0.5, 0.6) is 0 Å². The average molecular weight is 331 g/mol. The van der Waals surface area contributed by atoms with Crippen LogP contribution in [0.4, 0.5) is 4.79 Å². The SMILES string of the molecule is Cc1cc(C)n2nc(C3CCCC[NH+]3C(=O)OC(C)(C)C)nc2c1. The Morgan fingerprint density at radius 1 is 1.29 bits per heavy atom. The number of carbonyl (C=O) groups excluding carboxylic acids is 1. The number of rotatable bonds is 1. The number of amides is 1. The Bertz CT molecular complexity index is 760. The number of ether oxygens (including phenoxy) is 1. The number of nitrogens with zero attached hydrogens (tertiary/aromatic N) is 3. The Morgan fingerprint density at radius 2 is 2.04 bits per heavy atom. The van der Waals surface area contributed by atoms with Gasteiger partial charge in [0.25, 0.3) is 0 Å². The predicted molar refractivity (Wildman–Crippen MR) is 91.1 cm³/mol. The lowest BCUT2D eigenvalue weighted by molar-refractivity contribution is -0.865. The van der Waals surface area contributed by atoms with Crippen LogP contribution in [0.3, 0.4) is 0 Å². The van der Waals surface area contributed by atoms with Crippen molar-refractivity contribution in [3.8, 4) is 0 Å². The van der Waals surface area contributed by atoms with Gasteiger partial charge in [0.05, 0.1) is 6.54 Å². The number of fused-ring (bicyclic) bond motifs is 1.